The van der Waals surface area contributed by atoms with Crippen LogP contribution in [-0.4, -0.2) is 78.4 Å². The summed E-state index contributed by atoms with van der Waals surface area (Å²) in [5, 5.41) is 3.56. The van der Waals surface area contributed by atoms with Gasteiger partial charge in [0.05, 0.1) is 29.9 Å². The summed E-state index contributed by atoms with van der Waals surface area (Å²) in [7, 11) is 1.62. The van der Waals surface area contributed by atoms with Gasteiger partial charge in [-0.15, -0.1) is 0 Å². The third kappa shape index (κ3) is 4.32. The van der Waals surface area contributed by atoms with Gasteiger partial charge in [-0.05, 0) is 30.9 Å². The van der Waals surface area contributed by atoms with Crippen LogP contribution in [0.15, 0.2) is 12.3 Å². The molecule has 0 radical (unpaired) electrons. The van der Waals surface area contributed by atoms with Crippen molar-refractivity contribution in [2.45, 2.75) is 63.1 Å². The Morgan fingerprint density at radius 2 is 2.14 bits per heavy atom. The van der Waals surface area contributed by atoms with Crippen molar-refractivity contribution in [1.82, 2.24) is 20.1 Å². The van der Waals surface area contributed by atoms with Gasteiger partial charge in [-0.25, -0.2) is 4.79 Å². The second-order valence-electron chi connectivity index (χ2n) is 10.3. The first-order valence-corrected chi connectivity index (χ1v) is 12.4. The Kier molecular flexibility index (Phi) is 6.63. The van der Waals surface area contributed by atoms with E-state index in [1.807, 2.05) is 0 Å². The highest BCUT2D eigenvalue weighted by atomic mass is 19.4. The number of amides is 3. The quantitative estimate of drug-likeness (QED) is 0.639. The molecule has 3 N–H and O–H groups in total. The molecule has 0 bridgehead atoms. The number of carbonyl (C=O) groups excluding carboxylic acids is 2. The van der Waals surface area contributed by atoms with Crippen LogP contribution >= 0.6 is 0 Å². The van der Waals surface area contributed by atoms with E-state index in [9.17, 15) is 22.8 Å². The van der Waals surface area contributed by atoms with Crippen LogP contribution in [0.4, 0.5) is 18.0 Å². The maximum Gasteiger partial charge on any atom is 0.417 e. The zero-order chi connectivity index (χ0) is 25.7. The molecule has 3 unspecified atom stereocenters. The predicted octanol–water partition coefficient (Wildman–Crippen LogP) is 1.89. The van der Waals surface area contributed by atoms with E-state index in [2.05, 4.69) is 10.3 Å². The molecule has 4 heterocycles. The molecule has 5 atom stereocenters. The molecule has 12 heteroatoms. The summed E-state index contributed by atoms with van der Waals surface area (Å²) < 4.78 is 50.8. The lowest BCUT2D eigenvalue weighted by Crippen LogP contribution is -2.58. The van der Waals surface area contributed by atoms with Crippen molar-refractivity contribution in [2.75, 3.05) is 33.4 Å². The molecule has 3 amide bonds. The number of ether oxygens (including phenoxy) is 2. The number of alkyl halides is 3. The highest BCUT2D eigenvalue weighted by Crippen LogP contribution is 2.53. The molecular formula is C24H32F3N5O4. The van der Waals surface area contributed by atoms with Crippen molar-refractivity contribution in [2.24, 2.45) is 17.1 Å². The van der Waals surface area contributed by atoms with Crippen LogP contribution in [-0.2, 0) is 33.4 Å². The number of primary amides is 1. The summed E-state index contributed by atoms with van der Waals surface area (Å²) in [6, 6.07) is 0.435. The Labute approximate surface area is 207 Å². The van der Waals surface area contributed by atoms with Crippen LogP contribution in [0.1, 0.15) is 42.5 Å². The van der Waals surface area contributed by atoms with Crippen LogP contribution in [0.5, 0.6) is 0 Å². The number of urea groups is 1. The number of nitrogens with one attached hydrogen (secondary N) is 1. The van der Waals surface area contributed by atoms with Gasteiger partial charge in [0.25, 0.3) is 0 Å². The smallest absolute Gasteiger partial charge is 0.379 e. The first-order valence-electron chi connectivity index (χ1n) is 12.4. The lowest BCUT2D eigenvalue weighted by Gasteiger charge is -2.38. The molecule has 0 spiro atoms. The van der Waals surface area contributed by atoms with Crippen molar-refractivity contribution < 1.29 is 32.2 Å². The Hall–Kier alpha value is -2.44. The lowest BCUT2D eigenvalue weighted by molar-refractivity contribution is -0.144. The van der Waals surface area contributed by atoms with Gasteiger partial charge in [0.15, 0.2) is 0 Å². The van der Waals surface area contributed by atoms with Gasteiger partial charge in [-0.1, -0.05) is 6.42 Å². The fourth-order valence-electron chi connectivity index (χ4n) is 6.55. The van der Waals surface area contributed by atoms with Gasteiger partial charge < -0.3 is 25.0 Å². The summed E-state index contributed by atoms with van der Waals surface area (Å²) in [4.78, 5) is 33.7. The van der Waals surface area contributed by atoms with Gasteiger partial charge in [-0.3, -0.25) is 15.1 Å². The summed E-state index contributed by atoms with van der Waals surface area (Å²) in [6.45, 7) is 1.64. The van der Waals surface area contributed by atoms with E-state index in [4.69, 9.17) is 15.2 Å². The first-order chi connectivity index (χ1) is 17.1. The molecule has 1 saturated carbocycles. The maximum atomic E-state index is 14.1. The number of likely N-dealkylation sites (tertiary alicyclic amines) is 1. The standard InChI is InChI=1S/C24H32F3N5O4/c1-35-19-12-36-8-5-18(19)30-20-16-3-2-6-23(16,13-32(20)22(28)34)21(33)31-7-4-17-14(11-31)9-15(10-29-17)24(25,26)27/h9-10,16,18-20,30H,2-8,11-13H2,1H3,(H2,28,34)/t16?,18-,19+,20?,23?/m1/s1. The van der Waals surface area contributed by atoms with Gasteiger partial charge in [-0.2, -0.15) is 13.2 Å². The number of nitrogens with two attached hydrogens (primary N) is 1. The SMILES string of the molecule is CO[C@H]1COCC[C@H]1NC1C2CCCC2(C(=O)N2CCc3ncc(C(F)(F)F)cc3C2)CN1C(N)=O. The molecule has 3 fully saturated rings. The zero-order valence-electron chi connectivity index (χ0n) is 20.2. The Bertz CT molecular complexity index is 1020. The predicted molar refractivity (Wildman–Crippen MR) is 121 cm³/mol. The Morgan fingerprint density at radius 3 is 2.86 bits per heavy atom. The number of hydrogen-bond donors (Lipinski definition) is 2. The fourth-order valence-corrected chi connectivity index (χ4v) is 6.55. The summed E-state index contributed by atoms with van der Waals surface area (Å²) in [5.74, 6) is -0.280. The van der Waals surface area contributed by atoms with Crippen LogP contribution in [0.3, 0.4) is 0 Å². The topological polar surface area (TPSA) is 110 Å². The fraction of sp³-hybridized carbons (Fsp3) is 0.708. The van der Waals surface area contributed by atoms with Crippen LogP contribution in [0.2, 0.25) is 0 Å². The third-order valence-electron chi connectivity index (χ3n) is 8.37. The molecule has 1 aromatic heterocycles. The molecule has 36 heavy (non-hydrogen) atoms. The molecule has 198 valence electrons. The molecular weight excluding hydrogens is 479 g/mol. The second kappa shape index (κ2) is 9.46. The highest BCUT2D eigenvalue weighted by molar-refractivity contribution is 5.86. The number of hydrogen-bond acceptors (Lipinski definition) is 6. The molecule has 1 aromatic rings. The number of aromatic nitrogens is 1. The van der Waals surface area contributed by atoms with E-state index in [1.54, 1.807) is 16.9 Å². The third-order valence-corrected chi connectivity index (χ3v) is 8.37. The van der Waals surface area contributed by atoms with E-state index in [1.165, 1.54) is 0 Å². The minimum atomic E-state index is -4.50. The van der Waals surface area contributed by atoms with Gasteiger partial charge in [0.1, 0.15) is 0 Å². The average Bonchev–Trinajstić information content (AvgIpc) is 3.41. The number of rotatable bonds is 4. The first kappa shape index (κ1) is 25.2. The second-order valence-corrected chi connectivity index (χ2v) is 10.3. The molecule has 0 aromatic carbocycles. The summed E-state index contributed by atoms with van der Waals surface area (Å²) in [5.41, 5.74) is 5.13. The number of halogens is 3. The highest BCUT2D eigenvalue weighted by Gasteiger charge is 2.61. The van der Waals surface area contributed by atoms with Crippen LogP contribution in [0, 0.1) is 11.3 Å². The van der Waals surface area contributed by atoms with Crippen molar-refractivity contribution in [1.29, 1.82) is 0 Å². The van der Waals surface area contributed by atoms with E-state index >= 15 is 0 Å². The molecule has 3 aliphatic heterocycles. The monoisotopic (exact) mass is 511 g/mol. The number of carbonyl (C=O) groups is 2. The largest absolute Gasteiger partial charge is 0.417 e. The zero-order valence-corrected chi connectivity index (χ0v) is 20.2. The number of nitrogens with zero attached hydrogens (tertiary/aromatic N) is 3. The minimum absolute atomic E-state index is 0.0594. The average molecular weight is 512 g/mol. The van der Waals surface area contributed by atoms with Crippen molar-refractivity contribution >= 4 is 11.9 Å². The Morgan fingerprint density at radius 1 is 1.33 bits per heavy atom. The van der Waals surface area contributed by atoms with Crippen molar-refractivity contribution in [3.8, 4) is 0 Å². The normalized spacial score (nSPS) is 32.3. The molecule has 1 aliphatic carbocycles. The Balaban J connectivity index is 1.39. The molecule has 2 saturated heterocycles. The van der Waals surface area contributed by atoms with Crippen molar-refractivity contribution in [3.05, 3.63) is 29.1 Å². The minimum Gasteiger partial charge on any atom is -0.379 e. The summed E-state index contributed by atoms with van der Waals surface area (Å²) >= 11 is 0. The summed E-state index contributed by atoms with van der Waals surface area (Å²) in [6.07, 6.45) is -0.996. The van der Waals surface area contributed by atoms with E-state index in [0.717, 1.165) is 25.1 Å². The molecule has 5 rings (SSSR count). The van der Waals surface area contributed by atoms with Crippen LogP contribution < -0.4 is 11.1 Å². The number of pyridine rings is 1. The van der Waals surface area contributed by atoms with E-state index in [0.29, 0.717) is 50.3 Å². The van der Waals surface area contributed by atoms with Crippen LogP contribution in [0.25, 0.3) is 0 Å². The van der Waals surface area contributed by atoms with Gasteiger partial charge in [0.2, 0.25) is 5.91 Å². The van der Waals surface area contributed by atoms with Gasteiger partial charge in [0, 0.05) is 63.6 Å². The molecule has 4 aliphatic rings. The van der Waals surface area contributed by atoms with E-state index in [-0.39, 0.29) is 37.1 Å². The van der Waals surface area contributed by atoms with Gasteiger partial charge >= 0.3 is 12.2 Å². The van der Waals surface area contributed by atoms with Crippen molar-refractivity contribution in [3.63, 3.8) is 0 Å². The maximum absolute atomic E-state index is 14.1. The van der Waals surface area contributed by atoms with E-state index < -0.39 is 29.4 Å². The lowest BCUT2D eigenvalue weighted by atomic mass is 9.77. The molecule has 9 nitrogen and oxygen atoms in total. The number of fused-ring (bicyclic) bond motifs is 2. The number of methoxy groups -OCH3 is 1.